The lowest BCUT2D eigenvalue weighted by Gasteiger charge is -2.08. The van der Waals surface area contributed by atoms with Crippen LogP contribution >= 0.6 is 23.1 Å². The van der Waals surface area contributed by atoms with Crippen molar-refractivity contribution in [3.63, 3.8) is 0 Å². The van der Waals surface area contributed by atoms with Gasteiger partial charge in [-0.05, 0) is 30.3 Å². The Labute approximate surface area is 176 Å². The number of nitrogens with zero attached hydrogens (tertiary/aromatic N) is 3. The van der Waals surface area contributed by atoms with Gasteiger partial charge in [-0.1, -0.05) is 23.9 Å². The van der Waals surface area contributed by atoms with Gasteiger partial charge in [0.25, 0.3) is 5.56 Å². The molecule has 8 heteroatoms. The molecule has 4 aromatic rings. The normalized spacial score (nSPS) is 11.0. The van der Waals surface area contributed by atoms with Crippen molar-refractivity contribution in [1.29, 1.82) is 0 Å². The van der Waals surface area contributed by atoms with Gasteiger partial charge in [0.2, 0.25) is 0 Å². The van der Waals surface area contributed by atoms with Crippen molar-refractivity contribution >= 4 is 34.0 Å². The number of fused-ring (bicyclic) bond motifs is 1. The smallest absolute Gasteiger partial charge is 0.261 e. The SMILES string of the molecule is COc1ccc(-c2nc(CSc3nc4ccccc4c(=O)n3C)cs2)cc1OC. The van der Waals surface area contributed by atoms with Crippen LogP contribution in [-0.2, 0) is 12.8 Å². The highest BCUT2D eigenvalue weighted by molar-refractivity contribution is 7.98. The zero-order chi connectivity index (χ0) is 20.4. The van der Waals surface area contributed by atoms with Gasteiger partial charge >= 0.3 is 0 Å². The Kier molecular flexibility index (Phi) is 5.55. The van der Waals surface area contributed by atoms with E-state index in [1.54, 1.807) is 43.2 Å². The Bertz CT molecular complexity index is 1230. The molecule has 0 bridgehead atoms. The minimum atomic E-state index is -0.0394. The summed E-state index contributed by atoms with van der Waals surface area (Å²) in [5, 5.41) is 4.23. The fourth-order valence-electron chi connectivity index (χ4n) is 2.94. The monoisotopic (exact) mass is 425 g/mol. The summed E-state index contributed by atoms with van der Waals surface area (Å²) in [5.41, 5.74) is 2.58. The molecule has 29 heavy (non-hydrogen) atoms. The van der Waals surface area contributed by atoms with Crippen LogP contribution in [0.3, 0.4) is 0 Å². The number of methoxy groups -OCH3 is 2. The molecule has 0 N–H and O–H groups in total. The molecule has 0 atom stereocenters. The third kappa shape index (κ3) is 3.86. The van der Waals surface area contributed by atoms with Crippen LogP contribution in [0.5, 0.6) is 11.5 Å². The molecule has 0 aliphatic carbocycles. The molecular weight excluding hydrogens is 406 g/mol. The summed E-state index contributed by atoms with van der Waals surface area (Å²) in [6.45, 7) is 0. The van der Waals surface area contributed by atoms with Gasteiger partial charge in [-0.2, -0.15) is 0 Å². The molecule has 0 radical (unpaired) electrons. The van der Waals surface area contributed by atoms with Crippen LogP contribution in [0.1, 0.15) is 5.69 Å². The van der Waals surface area contributed by atoms with Gasteiger partial charge in [-0.15, -0.1) is 11.3 Å². The Hall–Kier alpha value is -2.84. The molecule has 4 rings (SSSR count). The standard InChI is InChI=1S/C21H19N3O3S2/c1-24-20(25)15-6-4-5-7-16(15)23-21(24)29-12-14-11-28-19(22-14)13-8-9-17(26-2)18(10-13)27-3/h4-11H,12H2,1-3H3. The summed E-state index contributed by atoms with van der Waals surface area (Å²) in [5.74, 6) is 1.99. The van der Waals surface area contributed by atoms with Crippen molar-refractivity contribution in [2.45, 2.75) is 10.9 Å². The minimum absolute atomic E-state index is 0.0394. The second-order valence-corrected chi connectivity index (χ2v) is 8.08. The van der Waals surface area contributed by atoms with Crippen LogP contribution in [0, 0.1) is 0 Å². The average molecular weight is 426 g/mol. The van der Waals surface area contributed by atoms with E-state index in [9.17, 15) is 4.79 Å². The largest absolute Gasteiger partial charge is 0.493 e. The lowest BCUT2D eigenvalue weighted by atomic mass is 10.2. The molecule has 0 fully saturated rings. The Morgan fingerprint density at radius 3 is 2.66 bits per heavy atom. The summed E-state index contributed by atoms with van der Waals surface area (Å²) in [4.78, 5) is 21.9. The first-order valence-electron chi connectivity index (χ1n) is 8.86. The van der Waals surface area contributed by atoms with E-state index in [1.165, 1.54) is 11.8 Å². The van der Waals surface area contributed by atoms with E-state index in [0.717, 1.165) is 16.3 Å². The summed E-state index contributed by atoms with van der Waals surface area (Å²) in [6.07, 6.45) is 0. The number of ether oxygens (including phenoxy) is 2. The second kappa shape index (κ2) is 8.26. The summed E-state index contributed by atoms with van der Waals surface area (Å²) in [7, 11) is 4.98. The number of aromatic nitrogens is 3. The highest BCUT2D eigenvalue weighted by atomic mass is 32.2. The molecule has 0 amide bonds. The Morgan fingerprint density at radius 2 is 1.86 bits per heavy atom. The molecule has 148 valence electrons. The molecule has 2 aromatic heterocycles. The van der Waals surface area contributed by atoms with Crippen molar-refractivity contribution in [1.82, 2.24) is 14.5 Å². The summed E-state index contributed by atoms with van der Waals surface area (Å²) < 4.78 is 12.3. The van der Waals surface area contributed by atoms with Gasteiger partial charge in [0.15, 0.2) is 16.7 Å². The van der Waals surface area contributed by atoms with Gasteiger partial charge in [0.05, 0.1) is 30.8 Å². The molecule has 0 aliphatic rings. The fraction of sp³-hybridized carbons (Fsp3) is 0.190. The van der Waals surface area contributed by atoms with Crippen LogP contribution in [0.25, 0.3) is 21.5 Å². The molecule has 2 heterocycles. The lowest BCUT2D eigenvalue weighted by Crippen LogP contribution is -2.19. The Morgan fingerprint density at radius 1 is 1.07 bits per heavy atom. The number of rotatable bonds is 6. The molecule has 0 saturated carbocycles. The molecule has 0 aliphatic heterocycles. The molecule has 0 unspecified atom stereocenters. The first-order valence-corrected chi connectivity index (χ1v) is 10.7. The van der Waals surface area contributed by atoms with E-state index in [4.69, 9.17) is 14.5 Å². The van der Waals surface area contributed by atoms with Gasteiger partial charge in [-0.25, -0.2) is 9.97 Å². The molecule has 2 aromatic carbocycles. The Balaban J connectivity index is 1.56. The van der Waals surface area contributed by atoms with Gasteiger partial charge < -0.3 is 9.47 Å². The van der Waals surface area contributed by atoms with Crippen molar-refractivity contribution in [2.75, 3.05) is 14.2 Å². The van der Waals surface area contributed by atoms with E-state index in [0.29, 0.717) is 33.3 Å². The average Bonchev–Trinajstić information content (AvgIpc) is 3.24. The van der Waals surface area contributed by atoms with Crippen LogP contribution in [0.4, 0.5) is 0 Å². The highest BCUT2D eigenvalue weighted by Crippen LogP contribution is 2.34. The van der Waals surface area contributed by atoms with Gasteiger partial charge in [0.1, 0.15) is 5.01 Å². The zero-order valence-corrected chi connectivity index (χ0v) is 17.8. The summed E-state index contributed by atoms with van der Waals surface area (Å²) in [6, 6.07) is 13.2. The fourth-order valence-corrected chi connectivity index (χ4v) is 4.73. The lowest BCUT2D eigenvalue weighted by molar-refractivity contribution is 0.355. The van der Waals surface area contributed by atoms with Crippen LogP contribution < -0.4 is 15.0 Å². The predicted molar refractivity (Wildman–Crippen MR) is 117 cm³/mol. The van der Waals surface area contributed by atoms with E-state index in [2.05, 4.69) is 4.98 Å². The number of para-hydroxylation sites is 1. The maximum absolute atomic E-state index is 12.5. The maximum atomic E-state index is 12.5. The van der Waals surface area contributed by atoms with Crippen molar-refractivity contribution < 1.29 is 9.47 Å². The first-order chi connectivity index (χ1) is 14.1. The minimum Gasteiger partial charge on any atom is -0.493 e. The number of thioether (sulfide) groups is 1. The van der Waals surface area contributed by atoms with Crippen LogP contribution in [0.15, 0.2) is 57.8 Å². The zero-order valence-electron chi connectivity index (χ0n) is 16.2. The number of thiazole rings is 1. The third-order valence-corrected chi connectivity index (χ3v) is 6.48. The molecule has 0 saturated heterocycles. The first kappa shape index (κ1) is 19.5. The predicted octanol–water partition coefficient (Wildman–Crippen LogP) is 4.37. The van der Waals surface area contributed by atoms with E-state index < -0.39 is 0 Å². The quantitative estimate of drug-likeness (QED) is 0.338. The van der Waals surface area contributed by atoms with E-state index in [1.807, 2.05) is 41.8 Å². The van der Waals surface area contributed by atoms with Crippen LogP contribution in [0.2, 0.25) is 0 Å². The third-order valence-electron chi connectivity index (χ3n) is 4.47. The van der Waals surface area contributed by atoms with Crippen molar-refractivity contribution in [2.24, 2.45) is 7.05 Å². The number of hydrogen-bond acceptors (Lipinski definition) is 7. The molecule has 0 spiro atoms. The highest BCUT2D eigenvalue weighted by Gasteiger charge is 2.12. The van der Waals surface area contributed by atoms with Gasteiger partial charge in [-0.3, -0.25) is 9.36 Å². The maximum Gasteiger partial charge on any atom is 0.261 e. The van der Waals surface area contributed by atoms with Crippen molar-refractivity contribution in [3.8, 4) is 22.1 Å². The molecular formula is C21H19N3O3S2. The summed E-state index contributed by atoms with van der Waals surface area (Å²) >= 11 is 3.07. The number of benzene rings is 2. The van der Waals surface area contributed by atoms with E-state index in [-0.39, 0.29) is 5.56 Å². The number of hydrogen-bond donors (Lipinski definition) is 0. The van der Waals surface area contributed by atoms with Crippen LogP contribution in [-0.4, -0.2) is 28.8 Å². The second-order valence-electron chi connectivity index (χ2n) is 6.28. The molecule has 6 nitrogen and oxygen atoms in total. The topological polar surface area (TPSA) is 66.2 Å². The van der Waals surface area contributed by atoms with Gasteiger partial charge in [0, 0.05) is 23.7 Å². The van der Waals surface area contributed by atoms with E-state index >= 15 is 0 Å². The van der Waals surface area contributed by atoms with Crippen molar-refractivity contribution in [3.05, 3.63) is 63.9 Å².